The van der Waals surface area contributed by atoms with Gasteiger partial charge in [0.05, 0.1) is 6.20 Å². The second-order valence-electron chi connectivity index (χ2n) is 6.44. The predicted molar refractivity (Wildman–Crippen MR) is 65.3 cm³/mol. The Morgan fingerprint density at radius 2 is 1.78 bits per heavy atom. The van der Waals surface area contributed by atoms with Crippen LogP contribution in [-0.2, 0) is 0 Å². The first-order valence-electron chi connectivity index (χ1n) is 6.99. The summed E-state index contributed by atoms with van der Waals surface area (Å²) in [6, 6.07) is 0. The van der Waals surface area contributed by atoms with Gasteiger partial charge in [0.2, 0.25) is 0 Å². The summed E-state index contributed by atoms with van der Waals surface area (Å²) >= 11 is 0. The summed E-state index contributed by atoms with van der Waals surface area (Å²) in [5, 5.41) is 8.98. The molecule has 1 aromatic rings. The molecule has 0 aliphatic heterocycles. The summed E-state index contributed by atoms with van der Waals surface area (Å²) in [4.78, 5) is 18.3. The van der Waals surface area contributed by atoms with Gasteiger partial charge >= 0.3 is 5.97 Å². The molecule has 5 rings (SSSR count). The van der Waals surface area contributed by atoms with Crippen LogP contribution in [0.15, 0.2) is 6.20 Å². The van der Waals surface area contributed by atoms with E-state index in [2.05, 4.69) is 9.97 Å². The number of aromatic carboxylic acids is 1. The zero-order valence-corrected chi connectivity index (χ0v) is 10.3. The van der Waals surface area contributed by atoms with Crippen molar-refractivity contribution in [3.05, 3.63) is 17.7 Å². The number of hydrogen-bond acceptors (Lipinski definition) is 2. The van der Waals surface area contributed by atoms with Gasteiger partial charge in [-0.1, -0.05) is 0 Å². The van der Waals surface area contributed by atoms with Crippen molar-refractivity contribution < 1.29 is 9.90 Å². The SMILES string of the molecule is O=C(O)c1cnc(C2C3CC4CC(C3)CC2C4)[nH]1. The summed E-state index contributed by atoms with van der Waals surface area (Å²) < 4.78 is 0. The topological polar surface area (TPSA) is 66.0 Å². The lowest BCUT2D eigenvalue weighted by Crippen LogP contribution is -2.44. The van der Waals surface area contributed by atoms with Crippen LogP contribution in [0.4, 0.5) is 0 Å². The van der Waals surface area contributed by atoms with E-state index in [9.17, 15) is 4.79 Å². The Balaban J connectivity index is 1.66. The summed E-state index contributed by atoms with van der Waals surface area (Å²) in [5.41, 5.74) is 0.235. The molecule has 1 heterocycles. The first kappa shape index (κ1) is 10.6. The van der Waals surface area contributed by atoms with E-state index in [1.807, 2.05) is 0 Å². The molecule has 4 aliphatic carbocycles. The average Bonchev–Trinajstić information content (AvgIpc) is 2.77. The fourth-order valence-electron chi connectivity index (χ4n) is 4.99. The molecule has 0 spiro atoms. The van der Waals surface area contributed by atoms with Gasteiger partial charge in [0.25, 0.3) is 0 Å². The third-order valence-corrected chi connectivity index (χ3v) is 5.37. The van der Waals surface area contributed by atoms with Gasteiger partial charge in [-0.3, -0.25) is 0 Å². The predicted octanol–water partition coefficient (Wildman–Crippen LogP) is 2.65. The van der Waals surface area contributed by atoms with Gasteiger partial charge < -0.3 is 10.1 Å². The number of rotatable bonds is 2. The molecular weight excluding hydrogens is 228 g/mol. The van der Waals surface area contributed by atoms with Crippen molar-refractivity contribution in [1.82, 2.24) is 9.97 Å². The molecule has 96 valence electrons. The molecule has 4 heteroatoms. The quantitative estimate of drug-likeness (QED) is 0.843. The Morgan fingerprint density at radius 3 is 2.28 bits per heavy atom. The van der Waals surface area contributed by atoms with Gasteiger partial charge in [-0.05, 0) is 55.8 Å². The molecule has 4 aliphatic rings. The molecule has 4 bridgehead atoms. The van der Waals surface area contributed by atoms with E-state index in [-0.39, 0.29) is 5.69 Å². The maximum absolute atomic E-state index is 10.9. The Kier molecular flexibility index (Phi) is 2.11. The Hall–Kier alpha value is -1.32. The fourth-order valence-corrected chi connectivity index (χ4v) is 4.99. The van der Waals surface area contributed by atoms with Gasteiger partial charge in [0.15, 0.2) is 0 Å². The van der Waals surface area contributed by atoms with E-state index in [4.69, 9.17) is 5.11 Å². The van der Waals surface area contributed by atoms with Gasteiger partial charge in [0, 0.05) is 5.92 Å². The molecule has 0 unspecified atom stereocenters. The highest BCUT2D eigenvalue weighted by atomic mass is 16.4. The van der Waals surface area contributed by atoms with Gasteiger partial charge in [-0.2, -0.15) is 0 Å². The zero-order valence-electron chi connectivity index (χ0n) is 10.3. The van der Waals surface area contributed by atoms with Crippen LogP contribution in [-0.4, -0.2) is 21.0 Å². The van der Waals surface area contributed by atoms with Crippen molar-refractivity contribution in [2.75, 3.05) is 0 Å². The fraction of sp³-hybridized carbons (Fsp3) is 0.714. The summed E-state index contributed by atoms with van der Waals surface area (Å²) in [6.07, 6.45) is 8.25. The van der Waals surface area contributed by atoms with Crippen LogP contribution in [0.1, 0.15) is 54.3 Å². The highest BCUT2D eigenvalue weighted by Gasteiger charge is 2.49. The second kappa shape index (κ2) is 3.59. The Bertz CT molecular complexity index is 466. The van der Waals surface area contributed by atoms with Gasteiger partial charge in [-0.25, -0.2) is 9.78 Å². The maximum Gasteiger partial charge on any atom is 0.353 e. The van der Waals surface area contributed by atoms with E-state index < -0.39 is 5.97 Å². The lowest BCUT2D eigenvalue weighted by atomic mass is 9.52. The average molecular weight is 246 g/mol. The Morgan fingerprint density at radius 1 is 1.17 bits per heavy atom. The lowest BCUT2D eigenvalue weighted by Gasteiger charge is -2.53. The number of nitrogens with zero attached hydrogens (tertiary/aromatic N) is 1. The zero-order chi connectivity index (χ0) is 12.3. The molecule has 18 heavy (non-hydrogen) atoms. The first-order valence-corrected chi connectivity index (χ1v) is 6.99. The van der Waals surface area contributed by atoms with Crippen LogP contribution in [0.5, 0.6) is 0 Å². The van der Waals surface area contributed by atoms with Crippen molar-refractivity contribution in [3.8, 4) is 0 Å². The summed E-state index contributed by atoms with van der Waals surface area (Å²) in [7, 11) is 0. The highest BCUT2D eigenvalue weighted by Crippen LogP contribution is 2.59. The summed E-state index contributed by atoms with van der Waals surface area (Å²) in [5.74, 6) is 3.89. The number of carboxylic acids is 1. The number of carboxylic acid groups (broad SMARTS) is 1. The monoisotopic (exact) mass is 246 g/mol. The van der Waals surface area contributed by atoms with E-state index >= 15 is 0 Å². The van der Waals surface area contributed by atoms with Crippen LogP contribution < -0.4 is 0 Å². The first-order chi connectivity index (χ1) is 8.70. The minimum atomic E-state index is -0.905. The van der Waals surface area contributed by atoms with E-state index in [0.29, 0.717) is 5.92 Å². The number of H-pyrrole nitrogens is 1. The van der Waals surface area contributed by atoms with Crippen molar-refractivity contribution in [2.24, 2.45) is 23.7 Å². The molecule has 2 N–H and O–H groups in total. The molecular formula is C14H18N2O2. The molecule has 0 amide bonds. The van der Waals surface area contributed by atoms with Crippen molar-refractivity contribution in [1.29, 1.82) is 0 Å². The number of hydrogen-bond donors (Lipinski definition) is 2. The van der Waals surface area contributed by atoms with E-state index in [0.717, 1.165) is 29.5 Å². The van der Waals surface area contributed by atoms with Crippen LogP contribution in [0.25, 0.3) is 0 Å². The number of aromatic amines is 1. The van der Waals surface area contributed by atoms with Crippen LogP contribution in [0.2, 0.25) is 0 Å². The van der Waals surface area contributed by atoms with E-state index in [1.165, 1.54) is 38.3 Å². The normalized spacial score (nSPS) is 41.2. The largest absolute Gasteiger partial charge is 0.477 e. The van der Waals surface area contributed by atoms with Gasteiger partial charge in [0.1, 0.15) is 11.5 Å². The molecule has 4 saturated carbocycles. The number of aromatic nitrogens is 2. The number of carbonyl (C=O) groups is 1. The molecule has 0 radical (unpaired) electrons. The minimum Gasteiger partial charge on any atom is -0.477 e. The minimum absolute atomic E-state index is 0.235. The standard InChI is InChI=1S/C14H18N2O2/c17-14(18)11-6-15-13(16-11)12-9-2-7-1-8(4-9)5-10(12)3-7/h6-10,12H,1-5H2,(H,15,16)(H,17,18). The van der Waals surface area contributed by atoms with Crippen molar-refractivity contribution in [2.45, 2.75) is 38.0 Å². The van der Waals surface area contributed by atoms with Crippen LogP contribution in [0.3, 0.4) is 0 Å². The van der Waals surface area contributed by atoms with Gasteiger partial charge in [-0.15, -0.1) is 0 Å². The molecule has 0 atom stereocenters. The highest BCUT2D eigenvalue weighted by molar-refractivity contribution is 5.85. The van der Waals surface area contributed by atoms with Crippen LogP contribution >= 0.6 is 0 Å². The second-order valence-corrected chi connectivity index (χ2v) is 6.44. The number of imidazole rings is 1. The molecule has 1 aromatic heterocycles. The van der Waals surface area contributed by atoms with Crippen molar-refractivity contribution >= 4 is 5.97 Å². The van der Waals surface area contributed by atoms with E-state index in [1.54, 1.807) is 0 Å². The number of nitrogens with one attached hydrogen (secondary N) is 1. The molecule has 0 aromatic carbocycles. The summed E-state index contributed by atoms with van der Waals surface area (Å²) in [6.45, 7) is 0. The smallest absolute Gasteiger partial charge is 0.353 e. The Labute approximate surface area is 106 Å². The molecule has 4 fully saturated rings. The van der Waals surface area contributed by atoms with Crippen LogP contribution in [0, 0.1) is 23.7 Å². The third kappa shape index (κ3) is 1.44. The molecule has 4 nitrogen and oxygen atoms in total. The lowest BCUT2D eigenvalue weighted by molar-refractivity contribution is -0.00544. The molecule has 0 saturated heterocycles. The maximum atomic E-state index is 10.9. The third-order valence-electron chi connectivity index (χ3n) is 5.37. The van der Waals surface area contributed by atoms with Crippen molar-refractivity contribution in [3.63, 3.8) is 0 Å².